The minimum Gasteiger partial charge on any atom is -0.381 e. The van der Waals surface area contributed by atoms with Crippen molar-refractivity contribution >= 4 is 10.9 Å². The first-order chi connectivity index (χ1) is 13.8. The fourth-order valence-corrected chi connectivity index (χ4v) is 3.35. The maximum absolute atomic E-state index is 15.0. The van der Waals surface area contributed by atoms with E-state index in [1.165, 1.54) is 30.3 Å². The summed E-state index contributed by atoms with van der Waals surface area (Å²) in [5.41, 5.74) is -2.20. The van der Waals surface area contributed by atoms with Gasteiger partial charge in [0.15, 0.2) is 0 Å². The minimum atomic E-state index is -2.09. The lowest BCUT2D eigenvalue weighted by Gasteiger charge is -2.34. The fourth-order valence-electron chi connectivity index (χ4n) is 3.35. The van der Waals surface area contributed by atoms with Gasteiger partial charge in [-0.15, -0.1) is 0 Å². The smallest absolute Gasteiger partial charge is 0.219 e. The van der Waals surface area contributed by atoms with Crippen molar-refractivity contribution in [2.45, 2.75) is 25.1 Å². The summed E-state index contributed by atoms with van der Waals surface area (Å²) in [6.07, 6.45) is 2.52. The zero-order valence-corrected chi connectivity index (χ0v) is 15.1. The lowest BCUT2D eigenvalue weighted by atomic mass is 9.86. The van der Waals surface area contributed by atoms with Crippen molar-refractivity contribution in [2.75, 3.05) is 0 Å². The fraction of sp³-hybridized carbons (Fsp3) is 0.211. The maximum Gasteiger partial charge on any atom is 0.219 e. The number of nitrogens with zero attached hydrogens (tertiary/aromatic N) is 5. The van der Waals surface area contributed by atoms with Crippen LogP contribution in [-0.4, -0.2) is 29.7 Å². The molecule has 0 aliphatic heterocycles. The van der Waals surface area contributed by atoms with Crippen LogP contribution in [0.3, 0.4) is 0 Å². The Hall–Kier alpha value is -3.27. The van der Waals surface area contributed by atoms with Crippen molar-refractivity contribution in [3.8, 4) is 0 Å². The molecule has 0 spiro atoms. The molecular weight excluding hydrogens is 390 g/mol. The molecule has 10 heteroatoms. The van der Waals surface area contributed by atoms with Gasteiger partial charge in [0.05, 0.1) is 23.5 Å². The molecule has 29 heavy (non-hydrogen) atoms. The van der Waals surface area contributed by atoms with Gasteiger partial charge in [0, 0.05) is 11.6 Å². The Morgan fingerprint density at radius 1 is 1.07 bits per heavy atom. The summed E-state index contributed by atoms with van der Waals surface area (Å²) < 4.78 is 58.6. The van der Waals surface area contributed by atoms with Gasteiger partial charge in [0.1, 0.15) is 35.7 Å². The van der Waals surface area contributed by atoms with Crippen LogP contribution in [0, 0.1) is 23.4 Å². The van der Waals surface area contributed by atoms with Gasteiger partial charge < -0.3 is 5.11 Å². The maximum atomic E-state index is 15.0. The first kappa shape index (κ1) is 19.1. The highest BCUT2D eigenvalue weighted by Crippen LogP contribution is 2.38. The minimum absolute atomic E-state index is 0.0838. The van der Waals surface area contributed by atoms with Crippen LogP contribution in [-0.2, 0) is 12.1 Å². The second-order valence-electron chi connectivity index (χ2n) is 6.71. The van der Waals surface area contributed by atoms with Crippen LogP contribution in [0.15, 0.2) is 49.1 Å². The molecule has 2 aromatic carbocycles. The van der Waals surface area contributed by atoms with Crippen LogP contribution in [0.2, 0.25) is 0 Å². The quantitative estimate of drug-likeness (QED) is 0.517. The van der Waals surface area contributed by atoms with Gasteiger partial charge in [-0.1, -0.05) is 6.07 Å². The SMILES string of the molecule is C[C@@H](n1nc2ccc(F)cc2c1F)[C@](O)(Cn1cncn1)c1ccc(F)cc1F. The van der Waals surface area contributed by atoms with Crippen molar-refractivity contribution in [3.05, 3.63) is 78.0 Å². The summed E-state index contributed by atoms with van der Waals surface area (Å²) in [7, 11) is 0. The van der Waals surface area contributed by atoms with E-state index < -0.39 is 35.0 Å². The van der Waals surface area contributed by atoms with Gasteiger partial charge in [-0.3, -0.25) is 0 Å². The number of benzene rings is 2. The molecule has 2 aromatic heterocycles. The van der Waals surface area contributed by atoms with Crippen LogP contribution in [0.1, 0.15) is 18.5 Å². The normalized spacial score (nSPS) is 14.8. The monoisotopic (exact) mass is 405 g/mol. The number of hydrogen-bond acceptors (Lipinski definition) is 4. The second-order valence-corrected chi connectivity index (χ2v) is 6.71. The van der Waals surface area contributed by atoms with Gasteiger partial charge in [-0.05, 0) is 31.2 Å². The molecule has 0 radical (unpaired) electrons. The number of rotatable bonds is 5. The zero-order chi connectivity index (χ0) is 20.8. The van der Waals surface area contributed by atoms with Crippen LogP contribution in [0.4, 0.5) is 17.6 Å². The molecule has 0 saturated heterocycles. The summed E-state index contributed by atoms with van der Waals surface area (Å²) in [6.45, 7) is 1.10. The Bertz CT molecular complexity index is 1180. The van der Waals surface area contributed by atoms with E-state index in [1.807, 2.05) is 0 Å². The molecule has 6 nitrogen and oxygen atoms in total. The number of aromatic nitrogens is 5. The molecule has 0 amide bonds. The Kier molecular flexibility index (Phi) is 4.58. The molecule has 2 heterocycles. The van der Waals surface area contributed by atoms with E-state index in [2.05, 4.69) is 15.2 Å². The summed E-state index contributed by atoms with van der Waals surface area (Å²) in [5.74, 6) is -3.38. The van der Waals surface area contributed by atoms with Crippen LogP contribution >= 0.6 is 0 Å². The van der Waals surface area contributed by atoms with Gasteiger partial charge in [0.2, 0.25) is 5.95 Å². The number of halogens is 4. The molecule has 1 N–H and O–H groups in total. The Balaban J connectivity index is 1.87. The summed E-state index contributed by atoms with van der Waals surface area (Å²) in [6, 6.07) is 4.93. The molecule has 0 aliphatic rings. The molecule has 2 atom stereocenters. The summed E-state index contributed by atoms with van der Waals surface area (Å²) >= 11 is 0. The van der Waals surface area contributed by atoms with E-state index in [0.717, 1.165) is 28.9 Å². The van der Waals surface area contributed by atoms with Crippen molar-refractivity contribution in [2.24, 2.45) is 0 Å². The third-order valence-electron chi connectivity index (χ3n) is 4.92. The van der Waals surface area contributed by atoms with Crippen LogP contribution in [0.25, 0.3) is 10.9 Å². The largest absolute Gasteiger partial charge is 0.381 e. The molecule has 0 fully saturated rings. The van der Waals surface area contributed by atoms with Crippen molar-refractivity contribution in [1.82, 2.24) is 24.5 Å². The summed E-state index contributed by atoms with van der Waals surface area (Å²) in [5, 5.41) is 19.4. The highest BCUT2D eigenvalue weighted by Gasteiger charge is 2.42. The number of fused-ring (bicyclic) bond motifs is 1. The summed E-state index contributed by atoms with van der Waals surface area (Å²) in [4.78, 5) is 3.78. The Morgan fingerprint density at radius 3 is 2.48 bits per heavy atom. The topological polar surface area (TPSA) is 68.8 Å². The van der Waals surface area contributed by atoms with Crippen LogP contribution in [0.5, 0.6) is 0 Å². The highest BCUT2D eigenvalue weighted by molar-refractivity contribution is 5.78. The molecule has 0 saturated carbocycles. The first-order valence-electron chi connectivity index (χ1n) is 8.63. The van der Waals surface area contributed by atoms with E-state index in [9.17, 15) is 22.7 Å². The molecule has 0 unspecified atom stereocenters. The molecule has 4 aromatic rings. The molecule has 0 aliphatic carbocycles. The van der Waals surface area contributed by atoms with Gasteiger partial charge >= 0.3 is 0 Å². The Morgan fingerprint density at radius 2 is 1.79 bits per heavy atom. The van der Waals surface area contributed by atoms with Gasteiger partial charge in [-0.25, -0.2) is 27.5 Å². The molecule has 0 bridgehead atoms. The average molecular weight is 405 g/mol. The van der Waals surface area contributed by atoms with E-state index >= 15 is 0 Å². The zero-order valence-electron chi connectivity index (χ0n) is 15.1. The number of aliphatic hydroxyl groups is 1. The first-order valence-corrected chi connectivity index (χ1v) is 8.63. The third-order valence-corrected chi connectivity index (χ3v) is 4.92. The molecular formula is C19H15F4N5O. The standard InChI is InChI=1S/C19H15F4N5O/c1-11(28-18(23)14-6-12(20)3-5-17(14)26-28)19(29,8-27-10-24-9-25-27)15-4-2-13(21)7-16(15)22/h2-7,9-11,29H,8H2,1H3/t11-,19-/m1/s1. The lowest BCUT2D eigenvalue weighted by Crippen LogP contribution is -2.41. The average Bonchev–Trinajstić information content (AvgIpc) is 3.29. The van der Waals surface area contributed by atoms with E-state index in [4.69, 9.17) is 0 Å². The van der Waals surface area contributed by atoms with Crippen molar-refractivity contribution in [1.29, 1.82) is 0 Å². The van der Waals surface area contributed by atoms with Crippen molar-refractivity contribution < 1.29 is 22.7 Å². The van der Waals surface area contributed by atoms with E-state index in [-0.39, 0.29) is 23.0 Å². The van der Waals surface area contributed by atoms with E-state index in [1.54, 1.807) is 0 Å². The van der Waals surface area contributed by atoms with Gasteiger partial charge in [-0.2, -0.15) is 14.6 Å². The molecule has 150 valence electrons. The lowest BCUT2D eigenvalue weighted by molar-refractivity contribution is -0.0400. The molecule has 4 rings (SSSR count). The highest BCUT2D eigenvalue weighted by atomic mass is 19.1. The van der Waals surface area contributed by atoms with E-state index in [0.29, 0.717) is 6.07 Å². The second kappa shape index (κ2) is 6.96. The Labute approximate surface area is 162 Å². The van der Waals surface area contributed by atoms with Crippen molar-refractivity contribution in [3.63, 3.8) is 0 Å². The number of hydrogen-bond donors (Lipinski definition) is 1. The third kappa shape index (κ3) is 3.25. The predicted octanol–water partition coefficient (Wildman–Crippen LogP) is 3.33. The van der Waals surface area contributed by atoms with Crippen LogP contribution < -0.4 is 0 Å². The van der Waals surface area contributed by atoms with Gasteiger partial charge in [0.25, 0.3) is 0 Å². The predicted molar refractivity (Wildman–Crippen MR) is 94.6 cm³/mol.